The Hall–Kier alpha value is -0.160. The van der Waals surface area contributed by atoms with Crippen molar-refractivity contribution >= 4 is 0 Å². The van der Waals surface area contributed by atoms with Gasteiger partial charge in [-0.25, -0.2) is 0 Å². The summed E-state index contributed by atoms with van der Waals surface area (Å²) >= 11 is 0. The van der Waals surface area contributed by atoms with Crippen LogP contribution in [0.5, 0.6) is 0 Å². The highest BCUT2D eigenvalue weighted by Gasteiger charge is 2.05. The minimum Gasteiger partial charge on any atom is -0.396 e. The first-order valence-electron chi connectivity index (χ1n) is 6.19. The third-order valence-corrected chi connectivity index (χ3v) is 2.26. The highest BCUT2D eigenvalue weighted by molar-refractivity contribution is 4.54. The van der Waals surface area contributed by atoms with Gasteiger partial charge >= 0.3 is 0 Å². The normalized spacial score (nSPS) is 12.9. The summed E-state index contributed by atoms with van der Waals surface area (Å²) in [4.78, 5) is 0. The standard InChI is InChI=1S/C12H26O4/c1-3-5-12(10-13)11-16-9-8-15-7-6-14-4-2/h12-13H,3-11H2,1-2H3. The van der Waals surface area contributed by atoms with Crippen LogP contribution < -0.4 is 0 Å². The summed E-state index contributed by atoms with van der Waals surface area (Å²) in [5, 5.41) is 9.03. The maximum Gasteiger partial charge on any atom is 0.0701 e. The van der Waals surface area contributed by atoms with E-state index in [2.05, 4.69) is 6.92 Å². The summed E-state index contributed by atoms with van der Waals surface area (Å²) in [5.41, 5.74) is 0. The molecule has 0 aliphatic carbocycles. The van der Waals surface area contributed by atoms with Crippen molar-refractivity contribution in [1.82, 2.24) is 0 Å². The molecule has 0 amide bonds. The van der Waals surface area contributed by atoms with Crippen LogP contribution in [0.25, 0.3) is 0 Å². The highest BCUT2D eigenvalue weighted by Crippen LogP contribution is 2.05. The van der Waals surface area contributed by atoms with Crippen LogP contribution in [0.3, 0.4) is 0 Å². The molecule has 0 saturated heterocycles. The van der Waals surface area contributed by atoms with Gasteiger partial charge in [0.05, 0.1) is 33.0 Å². The molecule has 0 aliphatic heterocycles. The van der Waals surface area contributed by atoms with Crippen molar-refractivity contribution < 1.29 is 19.3 Å². The van der Waals surface area contributed by atoms with Crippen LogP contribution in [0.4, 0.5) is 0 Å². The zero-order chi connectivity index (χ0) is 12.1. The quantitative estimate of drug-likeness (QED) is 0.519. The van der Waals surface area contributed by atoms with Gasteiger partial charge in [-0.1, -0.05) is 13.3 Å². The Morgan fingerprint density at radius 1 is 0.938 bits per heavy atom. The lowest BCUT2D eigenvalue weighted by Crippen LogP contribution is -2.16. The predicted molar refractivity (Wildman–Crippen MR) is 63.6 cm³/mol. The van der Waals surface area contributed by atoms with Crippen LogP contribution in [0.2, 0.25) is 0 Å². The monoisotopic (exact) mass is 234 g/mol. The summed E-state index contributed by atoms with van der Waals surface area (Å²) in [6.07, 6.45) is 2.10. The Kier molecular flexibility index (Phi) is 12.8. The first-order valence-corrected chi connectivity index (χ1v) is 6.19. The van der Waals surface area contributed by atoms with Crippen molar-refractivity contribution in [2.75, 3.05) is 46.2 Å². The Labute approximate surface area is 98.9 Å². The van der Waals surface area contributed by atoms with E-state index in [0.29, 0.717) is 33.0 Å². The van der Waals surface area contributed by atoms with Gasteiger partial charge < -0.3 is 19.3 Å². The molecule has 0 bridgehead atoms. The molecule has 0 aromatic heterocycles. The third-order valence-electron chi connectivity index (χ3n) is 2.26. The number of ether oxygens (including phenoxy) is 3. The van der Waals surface area contributed by atoms with E-state index in [0.717, 1.165) is 19.4 Å². The van der Waals surface area contributed by atoms with Crippen molar-refractivity contribution in [3.63, 3.8) is 0 Å². The molecule has 0 rings (SSSR count). The number of hydrogen-bond acceptors (Lipinski definition) is 4. The highest BCUT2D eigenvalue weighted by atomic mass is 16.5. The fraction of sp³-hybridized carbons (Fsp3) is 1.00. The molecule has 4 nitrogen and oxygen atoms in total. The third kappa shape index (κ3) is 10.4. The molecule has 0 aromatic rings. The van der Waals surface area contributed by atoms with Crippen LogP contribution in [0.15, 0.2) is 0 Å². The predicted octanol–water partition coefficient (Wildman–Crippen LogP) is 1.46. The molecule has 0 heterocycles. The van der Waals surface area contributed by atoms with E-state index in [-0.39, 0.29) is 12.5 Å². The lowest BCUT2D eigenvalue weighted by molar-refractivity contribution is 0.00298. The summed E-state index contributed by atoms with van der Waals surface area (Å²) in [7, 11) is 0. The van der Waals surface area contributed by atoms with Crippen LogP contribution in [0.1, 0.15) is 26.7 Å². The van der Waals surface area contributed by atoms with E-state index >= 15 is 0 Å². The molecule has 0 saturated carbocycles. The lowest BCUT2D eigenvalue weighted by atomic mass is 10.1. The van der Waals surface area contributed by atoms with Crippen LogP contribution in [-0.4, -0.2) is 51.4 Å². The van der Waals surface area contributed by atoms with Gasteiger partial charge in [-0.2, -0.15) is 0 Å². The SMILES string of the molecule is CCCC(CO)COCCOCCOCC. The van der Waals surface area contributed by atoms with E-state index in [1.807, 2.05) is 6.92 Å². The van der Waals surface area contributed by atoms with Crippen molar-refractivity contribution in [1.29, 1.82) is 0 Å². The Balaban J connectivity index is 3.12. The van der Waals surface area contributed by atoms with Gasteiger partial charge in [0, 0.05) is 19.1 Å². The summed E-state index contributed by atoms with van der Waals surface area (Å²) < 4.78 is 15.8. The van der Waals surface area contributed by atoms with Crippen molar-refractivity contribution in [3.8, 4) is 0 Å². The average molecular weight is 234 g/mol. The second kappa shape index (κ2) is 12.9. The maximum atomic E-state index is 9.03. The van der Waals surface area contributed by atoms with E-state index in [9.17, 15) is 0 Å². The van der Waals surface area contributed by atoms with Gasteiger partial charge in [0.25, 0.3) is 0 Å². The van der Waals surface area contributed by atoms with E-state index in [1.165, 1.54) is 0 Å². The van der Waals surface area contributed by atoms with Gasteiger partial charge in [0.15, 0.2) is 0 Å². The largest absolute Gasteiger partial charge is 0.396 e. The molecule has 98 valence electrons. The first-order chi connectivity index (χ1) is 7.85. The Morgan fingerprint density at radius 2 is 1.56 bits per heavy atom. The second-order valence-electron chi connectivity index (χ2n) is 3.72. The topological polar surface area (TPSA) is 47.9 Å². The number of aliphatic hydroxyl groups excluding tert-OH is 1. The lowest BCUT2D eigenvalue weighted by Gasteiger charge is -2.13. The molecule has 1 atom stereocenters. The smallest absolute Gasteiger partial charge is 0.0701 e. The minimum atomic E-state index is 0.207. The minimum absolute atomic E-state index is 0.207. The molecular formula is C12H26O4. The zero-order valence-corrected chi connectivity index (χ0v) is 10.6. The number of aliphatic hydroxyl groups is 1. The zero-order valence-electron chi connectivity index (χ0n) is 10.6. The molecule has 0 radical (unpaired) electrons. The van der Waals surface area contributed by atoms with Crippen LogP contribution >= 0.6 is 0 Å². The van der Waals surface area contributed by atoms with Gasteiger partial charge in [0.2, 0.25) is 0 Å². The Morgan fingerprint density at radius 3 is 2.12 bits per heavy atom. The van der Waals surface area contributed by atoms with E-state index < -0.39 is 0 Å². The summed E-state index contributed by atoms with van der Waals surface area (Å²) in [5.74, 6) is 0.272. The van der Waals surface area contributed by atoms with E-state index in [1.54, 1.807) is 0 Å². The Bertz CT molecular complexity index is 130. The first kappa shape index (κ1) is 15.8. The molecule has 0 spiro atoms. The molecular weight excluding hydrogens is 208 g/mol. The molecule has 1 N–H and O–H groups in total. The van der Waals surface area contributed by atoms with Gasteiger partial charge in [-0.15, -0.1) is 0 Å². The van der Waals surface area contributed by atoms with Crippen molar-refractivity contribution in [2.24, 2.45) is 5.92 Å². The van der Waals surface area contributed by atoms with Crippen LogP contribution in [-0.2, 0) is 14.2 Å². The van der Waals surface area contributed by atoms with Crippen molar-refractivity contribution in [3.05, 3.63) is 0 Å². The maximum absolute atomic E-state index is 9.03. The number of hydrogen-bond donors (Lipinski definition) is 1. The van der Waals surface area contributed by atoms with Crippen molar-refractivity contribution in [2.45, 2.75) is 26.7 Å². The fourth-order valence-corrected chi connectivity index (χ4v) is 1.37. The van der Waals surface area contributed by atoms with E-state index in [4.69, 9.17) is 19.3 Å². The molecule has 0 aliphatic rings. The molecule has 1 unspecified atom stereocenters. The fourth-order valence-electron chi connectivity index (χ4n) is 1.37. The van der Waals surface area contributed by atoms with Gasteiger partial charge in [-0.05, 0) is 13.3 Å². The van der Waals surface area contributed by atoms with Gasteiger partial charge in [-0.3, -0.25) is 0 Å². The second-order valence-corrected chi connectivity index (χ2v) is 3.72. The van der Waals surface area contributed by atoms with Gasteiger partial charge in [0.1, 0.15) is 0 Å². The summed E-state index contributed by atoms with van der Waals surface area (Å²) in [6, 6.07) is 0. The van der Waals surface area contributed by atoms with Crippen LogP contribution in [0, 0.1) is 5.92 Å². The molecule has 4 heteroatoms. The number of rotatable bonds is 12. The molecule has 0 fully saturated rings. The average Bonchev–Trinajstić information content (AvgIpc) is 2.31. The summed E-state index contributed by atoms with van der Waals surface area (Å²) in [6.45, 7) is 8.09. The molecule has 0 aromatic carbocycles. The molecule has 16 heavy (non-hydrogen) atoms.